The molecule has 1 aromatic carbocycles. The molecular weight excluding hydrogens is 250 g/mol. The van der Waals surface area contributed by atoms with Crippen molar-refractivity contribution in [1.82, 2.24) is 15.3 Å². The minimum absolute atomic E-state index is 0.137. The van der Waals surface area contributed by atoms with Gasteiger partial charge in [0.25, 0.3) is 0 Å². The standard InChI is InChI=1S/C16H23N3O/c1-16(8-4-3-5-9-16)14(17-2)11-6-7-12-13(10-11)19-15(20)18-12/h6-7,10,14,17H,3-5,8-9H2,1-2H3,(H2,18,19,20). The van der Waals surface area contributed by atoms with Gasteiger partial charge in [0.15, 0.2) is 0 Å². The van der Waals surface area contributed by atoms with Crippen LogP contribution in [-0.4, -0.2) is 17.0 Å². The molecule has 4 heteroatoms. The van der Waals surface area contributed by atoms with Gasteiger partial charge in [-0.25, -0.2) is 4.79 Å². The largest absolute Gasteiger partial charge is 0.323 e. The predicted molar refractivity (Wildman–Crippen MR) is 81.9 cm³/mol. The number of aromatic nitrogens is 2. The quantitative estimate of drug-likeness (QED) is 0.804. The van der Waals surface area contributed by atoms with Crippen LogP contribution in [0.2, 0.25) is 0 Å². The summed E-state index contributed by atoms with van der Waals surface area (Å²) >= 11 is 0. The molecule has 0 aliphatic heterocycles. The highest BCUT2D eigenvalue weighted by atomic mass is 16.1. The van der Waals surface area contributed by atoms with Gasteiger partial charge in [-0.2, -0.15) is 0 Å². The molecule has 3 N–H and O–H groups in total. The van der Waals surface area contributed by atoms with Gasteiger partial charge in [-0.1, -0.05) is 32.3 Å². The number of hydrogen-bond acceptors (Lipinski definition) is 2. The average Bonchev–Trinajstić information content (AvgIpc) is 2.79. The van der Waals surface area contributed by atoms with Crippen molar-refractivity contribution in [1.29, 1.82) is 0 Å². The Bertz CT molecular complexity index is 649. The highest BCUT2D eigenvalue weighted by Crippen LogP contribution is 2.45. The van der Waals surface area contributed by atoms with Crippen molar-refractivity contribution >= 4 is 11.0 Å². The monoisotopic (exact) mass is 273 g/mol. The van der Waals surface area contributed by atoms with E-state index in [0.29, 0.717) is 11.5 Å². The molecule has 1 atom stereocenters. The molecule has 0 bridgehead atoms. The summed E-state index contributed by atoms with van der Waals surface area (Å²) in [6.45, 7) is 2.39. The molecule has 1 aliphatic carbocycles. The topological polar surface area (TPSA) is 60.7 Å². The van der Waals surface area contributed by atoms with Gasteiger partial charge in [-0.05, 0) is 43.0 Å². The van der Waals surface area contributed by atoms with Crippen LogP contribution in [0.5, 0.6) is 0 Å². The van der Waals surface area contributed by atoms with Gasteiger partial charge in [0.05, 0.1) is 11.0 Å². The van der Waals surface area contributed by atoms with E-state index in [1.165, 1.54) is 37.7 Å². The molecule has 1 heterocycles. The van der Waals surface area contributed by atoms with E-state index in [-0.39, 0.29) is 5.69 Å². The van der Waals surface area contributed by atoms with Crippen molar-refractivity contribution in [3.63, 3.8) is 0 Å². The van der Waals surface area contributed by atoms with Gasteiger partial charge in [0.2, 0.25) is 0 Å². The Labute approximate surface area is 119 Å². The maximum absolute atomic E-state index is 11.4. The minimum Gasteiger partial charge on any atom is -0.313 e. The minimum atomic E-state index is -0.137. The zero-order valence-corrected chi connectivity index (χ0v) is 12.3. The summed E-state index contributed by atoms with van der Waals surface area (Å²) in [4.78, 5) is 17.0. The van der Waals surface area contributed by atoms with Crippen LogP contribution in [0.4, 0.5) is 0 Å². The lowest BCUT2D eigenvalue weighted by molar-refractivity contribution is 0.150. The molecule has 0 saturated heterocycles. The second-order valence-electron chi connectivity index (χ2n) is 6.32. The smallest absolute Gasteiger partial charge is 0.313 e. The van der Waals surface area contributed by atoms with Crippen molar-refractivity contribution in [2.45, 2.75) is 45.1 Å². The number of H-pyrrole nitrogens is 2. The number of rotatable bonds is 3. The first kappa shape index (κ1) is 13.4. The van der Waals surface area contributed by atoms with Crippen molar-refractivity contribution < 1.29 is 0 Å². The summed E-state index contributed by atoms with van der Waals surface area (Å²) in [6, 6.07) is 6.58. The molecule has 1 fully saturated rings. The van der Waals surface area contributed by atoms with Crippen molar-refractivity contribution in [2.24, 2.45) is 5.41 Å². The molecule has 108 valence electrons. The van der Waals surface area contributed by atoms with Gasteiger partial charge in [0, 0.05) is 6.04 Å². The van der Waals surface area contributed by atoms with E-state index in [4.69, 9.17) is 0 Å². The van der Waals surface area contributed by atoms with Gasteiger partial charge in [-0.3, -0.25) is 0 Å². The fraction of sp³-hybridized carbons (Fsp3) is 0.562. The number of nitrogens with one attached hydrogen (secondary N) is 3. The average molecular weight is 273 g/mol. The van der Waals surface area contributed by atoms with E-state index >= 15 is 0 Å². The Hall–Kier alpha value is -1.55. The van der Waals surface area contributed by atoms with Crippen LogP contribution in [0.1, 0.15) is 50.6 Å². The Morgan fingerprint density at radius 2 is 1.85 bits per heavy atom. The lowest BCUT2D eigenvalue weighted by Gasteiger charge is -2.41. The van der Waals surface area contributed by atoms with E-state index in [2.05, 4.69) is 34.3 Å². The van der Waals surface area contributed by atoms with Gasteiger partial charge >= 0.3 is 5.69 Å². The second-order valence-corrected chi connectivity index (χ2v) is 6.32. The van der Waals surface area contributed by atoms with Gasteiger partial charge < -0.3 is 15.3 Å². The van der Waals surface area contributed by atoms with Crippen LogP contribution in [0.3, 0.4) is 0 Å². The molecule has 0 amide bonds. The number of fused-ring (bicyclic) bond motifs is 1. The van der Waals surface area contributed by atoms with E-state index in [9.17, 15) is 4.79 Å². The van der Waals surface area contributed by atoms with Crippen LogP contribution in [-0.2, 0) is 0 Å². The first-order valence-corrected chi connectivity index (χ1v) is 7.52. The van der Waals surface area contributed by atoms with Crippen LogP contribution in [0.25, 0.3) is 11.0 Å². The molecule has 1 saturated carbocycles. The normalized spacial score (nSPS) is 20.1. The number of aromatic amines is 2. The van der Waals surface area contributed by atoms with Crippen LogP contribution in [0.15, 0.2) is 23.0 Å². The Balaban J connectivity index is 1.99. The number of benzene rings is 1. The fourth-order valence-electron chi connectivity index (χ4n) is 3.80. The molecular formula is C16H23N3O. The molecule has 1 aliphatic rings. The van der Waals surface area contributed by atoms with Crippen molar-refractivity contribution in [3.8, 4) is 0 Å². The van der Waals surface area contributed by atoms with Crippen LogP contribution in [0, 0.1) is 5.41 Å². The zero-order chi connectivity index (χ0) is 14.2. The Morgan fingerprint density at radius 3 is 2.55 bits per heavy atom. The SMILES string of the molecule is CNC(c1ccc2[nH]c(=O)[nH]c2c1)C1(C)CCCCC1. The van der Waals surface area contributed by atoms with E-state index in [1.807, 2.05) is 13.1 Å². The molecule has 4 nitrogen and oxygen atoms in total. The highest BCUT2D eigenvalue weighted by Gasteiger charge is 2.35. The molecule has 0 spiro atoms. The summed E-state index contributed by atoms with van der Waals surface area (Å²) in [5.41, 5.74) is 3.20. The third kappa shape index (κ3) is 2.29. The fourth-order valence-corrected chi connectivity index (χ4v) is 3.80. The molecule has 0 radical (unpaired) electrons. The van der Waals surface area contributed by atoms with E-state index in [0.717, 1.165) is 11.0 Å². The van der Waals surface area contributed by atoms with Crippen LogP contribution < -0.4 is 11.0 Å². The maximum Gasteiger partial charge on any atom is 0.323 e. The highest BCUT2D eigenvalue weighted by molar-refractivity contribution is 5.75. The summed E-state index contributed by atoms with van der Waals surface area (Å²) < 4.78 is 0. The summed E-state index contributed by atoms with van der Waals surface area (Å²) in [5.74, 6) is 0. The van der Waals surface area contributed by atoms with Crippen molar-refractivity contribution in [3.05, 3.63) is 34.2 Å². The van der Waals surface area contributed by atoms with Gasteiger partial charge in [0.1, 0.15) is 0 Å². The first-order chi connectivity index (χ1) is 9.62. The molecule has 3 rings (SSSR count). The molecule has 2 aromatic rings. The third-order valence-corrected chi connectivity index (χ3v) is 4.85. The lowest BCUT2D eigenvalue weighted by atomic mass is 9.68. The van der Waals surface area contributed by atoms with Crippen molar-refractivity contribution in [2.75, 3.05) is 7.05 Å². The molecule has 1 unspecified atom stereocenters. The summed E-state index contributed by atoms with van der Waals surface area (Å²) in [7, 11) is 2.04. The first-order valence-electron chi connectivity index (χ1n) is 7.52. The van der Waals surface area contributed by atoms with E-state index < -0.39 is 0 Å². The lowest BCUT2D eigenvalue weighted by Crippen LogP contribution is -2.36. The Morgan fingerprint density at radius 1 is 1.15 bits per heavy atom. The predicted octanol–water partition coefficient (Wildman–Crippen LogP) is 3.09. The summed E-state index contributed by atoms with van der Waals surface area (Å²) in [5, 5.41) is 3.50. The number of imidazole rings is 1. The second kappa shape index (κ2) is 5.09. The maximum atomic E-state index is 11.4. The van der Waals surface area contributed by atoms with E-state index in [1.54, 1.807) is 0 Å². The molecule has 1 aromatic heterocycles. The molecule has 20 heavy (non-hydrogen) atoms. The summed E-state index contributed by atoms with van der Waals surface area (Å²) in [6.07, 6.45) is 6.52. The third-order valence-electron chi connectivity index (χ3n) is 4.85. The zero-order valence-electron chi connectivity index (χ0n) is 12.3. The Kier molecular flexibility index (Phi) is 3.42. The van der Waals surface area contributed by atoms with Crippen LogP contribution >= 0.6 is 0 Å². The van der Waals surface area contributed by atoms with Gasteiger partial charge in [-0.15, -0.1) is 0 Å². The number of hydrogen-bond donors (Lipinski definition) is 3.